The quantitative estimate of drug-likeness (QED) is 0.155. The van der Waals surface area contributed by atoms with Crippen molar-refractivity contribution in [3.63, 3.8) is 0 Å². The van der Waals surface area contributed by atoms with Crippen LogP contribution in [-0.2, 0) is 5.41 Å². The zero-order valence-electron chi connectivity index (χ0n) is 37.7. The largest absolute Gasteiger partial charge is 0.464 e. The summed E-state index contributed by atoms with van der Waals surface area (Å²) in [4.78, 5) is 2.42. The van der Waals surface area contributed by atoms with Gasteiger partial charge in [0.1, 0.15) is 5.76 Å². The fraction of sp³-hybridized carbons (Fsp3) is 0.0149. The topological polar surface area (TPSA) is 16.4 Å². The lowest BCUT2D eigenvalue weighted by Crippen LogP contribution is -2.29. The van der Waals surface area contributed by atoms with Gasteiger partial charge < -0.3 is 9.32 Å². The molecule has 2 aliphatic carbocycles. The summed E-state index contributed by atoms with van der Waals surface area (Å²) >= 11 is 0. The zero-order valence-corrected chi connectivity index (χ0v) is 37.7. The minimum Gasteiger partial charge on any atom is -0.464 e. The molecular formula is C67H43NO. The number of furan rings is 1. The van der Waals surface area contributed by atoms with E-state index in [2.05, 4.69) is 248 Å². The Morgan fingerprint density at radius 3 is 1.48 bits per heavy atom. The molecule has 0 radical (unpaired) electrons. The predicted molar refractivity (Wildman–Crippen MR) is 286 cm³/mol. The van der Waals surface area contributed by atoms with Gasteiger partial charge in [0.05, 0.1) is 11.7 Å². The van der Waals surface area contributed by atoms with Gasteiger partial charge in [-0.15, -0.1) is 0 Å². The van der Waals surface area contributed by atoms with Gasteiger partial charge in [0.25, 0.3) is 0 Å². The summed E-state index contributed by atoms with van der Waals surface area (Å²) in [6.45, 7) is 0. The minimum atomic E-state index is -0.646. The molecule has 0 amide bonds. The molecule has 12 aromatic rings. The second-order valence-electron chi connectivity index (χ2n) is 18.3. The van der Waals surface area contributed by atoms with Gasteiger partial charge in [-0.3, -0.25) is 0 Å². The molecule has 322 valence electrons. The monoisotopic (exact) mass is 877 g/mol. The Morgan fingerprint density at radius 1 is 0.290 bits per heavy atom. The number of nitrogens with zero attached hydrogens (tertiary/aromatic N) is 1. The third kappa shape index (κ3) is 5.92. The first-order chi connectivity index (χ1) is 34.2. The van der Waals surface area contributed by atoms with Crippen molar-refractivity contribution in [1.82, 2.24) is 0 Å². The van der Waals surface area contributed by atoms with Gasteiger partial charge in [-0.25, -0.2) is 0 Å². The molecule has 1 unspecified atom stereocenters. The lowest BCUT2D eigenvalue weighted by Gasteiger charge is -2.37. The van der Waals surface area contributed by atoms with Crippen LogP contribution >= 0.6 is 0 Å². The maximum Gasteiger partial charge on any atom is 0.133 e. The van der Waals surface area contributed by atoms with E-state index in [1.807, 2.05) is 12.1 Å². The van der Waals surface area contributed by atoms with Crippen LogP contribution in [0.2, 0.25) is 0 Å². The predicted octanol–water partition coefficient (Wildman–Crippen LogP) is 18.1. The Balaban J connectivity index is 1.03. The summed E-state index contributed by atoms with van der Waals surface area (Å²) in [5.74, 6) is 0.861. The third-order valence-electron chi connectivity index (χ3n) is 14.8. The first kappa shape index (κ1) is 39.2. The maximum absolute atomic E-state index is 5.78. The Labute approximate surface area is 401 Å². The fourth-order valence-corrected chi connectivity index (χ4v) is 11.9. The standard InChI is InChI=1S/C67H43NO/c1-2-16-44(17-3-1)45-31-35-49(36-32-45)68(50-37-33-46(34-38-50)47-18-14-19-48(42-47)64-30-15-41-69-64)51-39-40-63-60(43-51)55-23-5-4-20-52(55)56-24-10-12-28-61(56)67(63)62-29-13-11-27-59(62)65-57-25-8-6-21-53(57)54-22-7-9-26-58(54)66(65)67/h1-43H. The highest BCUT2D eigenvalue weighted by atomic mass is 16.3. The molecule has 0 N–H and O–H groups in total. The smallest absolute Gasteiger partial charge is 0.133 e. The van der Waals surface area contributed by atoms with Crippen LogP contribution in [0.15, 0.2) is 265 Å². The molecule has 0 bridgehead atoms. The van der Waals surface area contributed by atoms with Crippen molar-refractivity contribution in [2.45, 2.75) is 5.41 Å². The molecule has 1 aromatic heterocycles. The Morgan fingerprint density at radius 2 is 0.783 bits per heavy atom. The van der Waals surface area contributed by atoms with Crippen molar-refractivity contribution >= 4 is 38.6 Å². The number of benzene rings is 11. The minimum absolute atomic E-state index is 0.646. The molecular weight excluding hydrogens is 835 g/mol. The van der Waals surface area contributed by atoms with Crippen molar-refractivity contribution in [3.8, 4) is 67.0 Å². The molecule has 1 atom stereocenters. The number of rotatable bonds is 6. The van der Waals surface area contributed by atoms with Crippen molar-refractivity contribution in [2.75, 3.05) is 4.90 Å². The van der Waals surface area contributed by atoms with E-state index in [1.54, 1.807) is 6.26 Å². The van der Waals surface area contributed by atoms with Gasteiger partial charge in [0.2, 0.25) is 0 Å². The van der Waals surface area contributed by atoms with Crippen LogP contribution < -0.4 is 4.90 Å². The molecule has 14 rings (SSSR count). The van der Waals surface area contributed by atoms with Crippen LogP contribution in [0.25, 0.3) is 88.5 Å². The van der Waals surface area contributed by atoms with E-state index in [9.17, 15) is 0 Å². The van der Waals surface area contributed by atoms with E-state index in [1.165, 1.54) is 88.3 Å². The second kappa shape index (κ2) is 15.6. The summed E-state index contributed by atoms with van der Waals surface area (Å²) in [6, 6.07) is 94.1. The lowest BCUT2D eigenvalue weighted by molar-refractivity contribution is 0.582. The SMILES string of the molecule is c1ccc(-c2ccc(N(c3ccc(-c4cccc(-c5ccco5)c4)cc3)c3ccc4c(c3)-c3ccccc3-c3ccccc3C43c4ccccc4-c4c3c3ccccc3c3ccccc43)cc2)cc1. The molecule has 1 heterocycles. The van der Waals surface area contributed by atoms with Crippen LogP contribution in [0.4, 0.5) is 17.1 Å². The normalized spacial score (nSPS) is 14.1. The van der Waals surface area contributed by atoms with E-state index in [4.69, 9.17) is 4.42 Å². The molecule has 1 spiro atoms. The van der Waals surface area contributed by atoms with Crippen LogP contribution in [0, 0.1) is 0 Å². The van der Waals surface area contributed by atoms with Crippen molar-refractivity contribution in [3.05, 3.63) is 283 Å². The third-order valence-corrected chi connectivity index (χ3v) is 14.8. The molecule has 69 heavy (non-hydrogen) atoms. The van der Waals surface area contributed by atoms with Gasteiger partial charge in [-0.1, -0.05) is 200 Å². The summed E-state index contributed by atoms with van der Waals surface area (Å²) in [5.41, 5.74) is 21.1. The molecule has 0 saturated carbocycles. The highest BCUT2D eigenvalue weighted by molar-refractivity contribution is 6.20. The van der Waals surface area contributed by atoms with E-state index in [-0.39, 0.29) is 0 Å². The van der Waals surface area contributed by atoms with Crippen LogP contribution in [0.5, 0.6) is 0 Å². The van der Waals surface area contributed by atoms with E-state index < -0.39 is 5.41 Å². The van der Waals surface area contributed by atoms with Gasteiger partial charge >= 0.3 is 0 Å². The summed E-state index contributed by atoms with van der Waals surface area (Å²) in [5, 5.41) is 5.13. The summed E-state index contributed by atoms with van der Waals surface area (Å²) < 4.78 is 5.78. The Bertz CT molecular complexity index is 3940. The van der Waals surface area contributed by atoms with Crippen molar-refractivity contribution < 1.29 is 4.42 Å². The molecule has 2 aliphatic rings. The van der Waals surface area contributed by atoms with Gasteiger partial charge in [-0.2, -0.15) is 0 Å². The first-order valence-electron chi connectivity index (χ1n) is 23.8. The van der Waals surface area contributed by atoms with Crippen molar-refractivity contribution in [2.24, 2.45) is 0 Å². The highest BCUT2D eigenvalue weighted by Crippen LogP contribution is 2.64. The number of hydrogen-bond donors (Lipinski definition) is 0. The second-order valence-corrected chi connectivity index (χ2v) is 18.3. The zero-order chi connectivity index (χ0) is 45.5. The molecule has 2 nitrogen and oxygen atoms in total. The van der Waals surface area contributed by atoms with Crippen LogP contribution in [0.3, 0.4) is 0 Å². The van der Waals surface area contributed by atoms with E-state index in [0.717, 1.165) is 39.5 Å². The molecule has 0 fully saturated rings. The maximum atomic E-state index is 5.78. The highest BCUT2D eigenvalue weighted by Gasteiger charge is 2.51. The van der Waals surface area contributed by atoms with Gasteiger partial charge in [-0.05, 0) is 154 Å². The molecule has 0 aliphatic heterocycles. The summed E-state index contributed by atoms with van der Waals surface area (Å²) in [7, 11) is 0. The van der Waals surface area contributed by atoms with Crippen LogP contribution in [-0.4, -0.2) is 0 Å². The van der Waals surface area contributed by atoms with E-state index >= 15 is 0 Å². The molecule has 11 aromatic carbocycles. The number of fused-ring (bicyclic) bond motifs is 17. The number of hydrogen-bond acceptors (Lipinski definition) is 2. The molecule has 0 saturated heterocycles. The number of anilines is 3. The first-order valence-corrected chi connectivity index (χ1v) is 23.8. The Hall–Kier alpha value is -8.98. The van der Waals surface area contributed by atoms with Crippen LogP contribution in [0.1, 0.15) is 22.3 Å². The van der Waals surface area contributed by atoms with Gasteiger partial charge in [0, 0.05) is 22.6 Å². The van der Waals surface area contributed by atoms with E-state index in [0.29, 0.717) is 0 Å². The van der Waals surface area contributed by atoms with Gasteiger partial charge in [0.15, 0.2) is 0 Å². The molecule has 2 heteroatoms. The van der Waals surface area contributed by atoms with Crippen molar-refractivity contribution in [1.29, 1.82) is 0 Å². The average molecular weight is 878 g/mol. The Kier molecular flexibility index (Phi) is 8.84. The fourth-order valence-electron chi connectivity index (χ4n) is 11.9. The summed E-state index contributed by atoms with van der Waals surface area (Å²) in [6.07, 6.45) is 1.73. The average Bonchev–Trinajstić information content (AvgIpc) is 4.06. The lowest BCUT2D eigenvalue weighted by atomic mass is 9.64.